The SMILES string of the molecule is Cc1cccc(C(=O)N[C@@H]2CCCNC2)c1Br. The van der Waals surface area contributed by atoms with Crippen molar-refractivity contribution in [3.8, 4) is 0 Å². The van der Waals surface area contributed by atoms with Crippen molar-refractivity contribution in [3.05, 3.63) is 33.8 Å². The summed E-state index contributed by atoms with van der Waals surface area (Å²) in [6, 6.07) is 6.00. The van der Waals surface area contributed by atoms with Gasteiger partial charge in [-0.1, -0.05) is 12.1 Å². The normalized spacial score (nSPS) is 20.0. The van der Waals surface area contributed by atoms with Gasteiger partial charge in [0.2, 0.25) is 0 Å². The molecule has 1 aromatic carbocycles. The molecule has 1 amide bonds. The minimum absolute atomic E-state index is 0.00859. The number of hydrogen-bond acceptors (Lipinski definition) is 2. The molecule has 17 heavy (non-hydrogen) atoms. The Morgan fingerprint density at radius 3 is 3.06 bits per heavy atom. The predicted molar refractivity (Wildman–Crippen MR) is 72.2 cm³/mol. The molecule has 0 spiro atoms. The monoisotopic (exact) mass is 296 g/mol. The summed E-state index contributed by atoms with van der Waals surface area (Å²) < 4.78 is 0.890. The van der Waals surface area contributed by atoms with E-state index in [1.807, 2.05) is 25.1 Å². The Balaban J connectivity index is 2.06. The topological polar surface area (TPSA) is 41.1 Å². The van der Waals surface area contributed by atoms with Gasteiger partial charge in [0.1, 0.15) is 0 Å². The summed E-state index contributed by atoms with van der Waals surface area (Å²) in [5.74, 6) is 0.00859. The Morgan fingerprint density at radius 1 is 1.53 bits per heavy atom. The van der Waals surface area contributed by atoms with Crippen molar-refractivity contribution in [1.82, 2.24) is 10.6 Å². The van der Waals surface area contributed by atoms with Gasteiger partial charge in [-0.2, -0.15) is 0 Å². The minimum atomic E-state index is 0.00859. The molecule has 0 radical (unpaired) electrons. The first-order valence-electron chi connectivity index (χ1n) is 5.95. The van der Waals surface area contributed by atoms with Crippen molar-refractivity contribution < 1.29 is 4.79 Å². The fraction of sp³-hybridized carbons (Fsp3) is 0.462. The maximum atomic E-state index is 12.1. The number of halogens is 1. The van der Waals surface area contributed by atoms with Crippen LogP contribution in [-0.4, -0.2) is 25.0 Å². The predicted octanol–water partition coefficient (Wildman–Crippen LogP) is 2.24. The molecule has 0 aliphatic carbocycles. The second-order valence-corrected chi connectivity index (χ2v) is 5.25. The molecule has 1 heterocycles. The molecule has 0 unspecified atom stereocenters. The zero-order valence-corrected chi connectivity index (χ0v) is 11.5. The highest BCUT2D eigenvalue weighted by Crippen LogP contribution is 2.21. The van der Waals surface area contributed by atoms with E-state index >= 15 is 0 Å². The molecule has 1 atom stereocenters. The largest absolute Gasteiger partial charge is 0.348 e. The molecule has 1 fully saturated rings. The Kier molecular flexibility index (Phi) is 4.18. The highest BCUT2D eigenvalue weighted by atomic mass is 79.9. The van der Waals surface area contributed by atoms with Crippen LogP contribution in [0.1, 0.15) is 28.8 Å². The van der Waals surface area contributed by atoms with Gasteiger partial charge in [0, 0.05) is 17.1 Å². The first kappa shape index (κ1) is 12.6. The fourth-order valence-electron chi connectivity index (χ4n) is 2.06. The number of hydrogen-bond donors (Lipinski definition) is 2. The fourth-order valence-corrected chi connectivity index (χ4v) is 2.51. The van der Waals surface area contributed by atoms with E-state index < -0.39 is 0 Å². The summed E-state index contributed by atoms with van der Waals surface area (Å²) in [6.45, 7) is 3.92. The number of piperidine rings is 1. The standard InChI is InChI=1S/C13H17BrN2O/c1-9-4-2-6-11(12(9)14)13(17)16-10-5-3-7-15-8-10/h2,4,6,10,15H,3,5,7-8H2,1H3,(H,16,17)/t10-/m1/s1. The molecule has 0 aromatic heterocycles. The van der Waals surface area contributed by atoms with Crippen molar-refractivity contribution in [2.24, 2.45) is 0 Å². The summed E-state index contributed by atoms with van der Waals surface area (Å²) >= 11 is 3.47. The molecule has 1 aliphatic rings. The Bertz CT molecular complexity index is 414. The molecule has 1 aromatic rings. The molecule has 0 saturated carbocycles. The van der Waals surface area contributed by atoms with Crippen LogP contribution in [0.5, 0.6) is 0 Å². The van der Waals surface area contributed by atoms with Crippen LogP contribution in [0.3, 0.4) is 0 Å². The molecule has 2 rings (SSSR count). The van der Waals surface area contributed by atoms with Gasteiger partial charge in [-0.25, -0.2) is 0 Å². The highest BCUT2D eigenvalue weighted by molar-refractivity contribution is 9.10. The summed E-state index contributed by atoms with van der Waals surface area (Å²) in [4.78, 5) is 12.1. The van der Waals surface area contributed by atoms with Crippen LogP contribution in [0.4, 0.5) is 0 Å². The molecular weight excluding hydrogens is 280 g/mol. The van der Waals surface area contributed by atoms with Crippen molar-refractivity contribution in [3.63, 3.8) is 0 Å². The van der Waals surface area contributed by atoms with E-state index in [-0.39, 0.29) is 11.9 Å². The summed E-state index contributed by atoms with van der Waals surface area (Å²) in [5, 5.41) is 6.36. The van der Waals surface area contributed by atoms with Gasteiger partial charge in [0.05, 0.1) is 5.56 Å². The third-order valence-electron chi connectivity index (χ3n) is 3.07. The van der Waals surface area contributed by atoms with Crippen LogP contribution in [0.25, 0.3) is 0 Å². The lowest BCUT2D eigenvalue weighted by atomic mass is 10.1. The van der Waals surface area contributed by atoms with Crippen molar-refractivity contribution in [2.75, 3.05) is 13.1 Å². The lowest BCUT2D eigenvalue weighted by Gasteiger charge is -2.24. The maximum absolute atomic E-state index is 12.1. The second-order valence-electron chi connectivity index (χ2n) is 4.45. The third-order valence-corrected chi connectivity index (χ3v) is 4.12. The highest BCUT2D eigenvalue weighted by Gasteiger charge is 2.18. The van der Waals surface area contributed by atoms with Crippen LogP contribution < -0.4 is 10.6 Å². The van der Waals surface area contributed by atoms with E-state index in [4.69, 9.17) is 0 Å². The van der Waals surface area contributed by atoms with Crippen molar-refractivity contribution >= 4 is 21.8 Å². The maximum Gasteiger partial charge on any atom is 0.252 e. The Labute approximate surface area is 110 Å². The lowest BCUT2D eigenvalue weighted by Crippen LogP contribution is -2.45. The lowest BCUT2D eigenvalue weighted by molar-refractivity contribution is 0.0930. The molecule has 0 bridgehead atoms. The molecule has 1 saturated heterocycles. The molecule has 3 nitrogen and oxygen atoms in total. The molecule has 4 heteroatoms. The van der Waals surface area contributed by atoms with Crippen LogP contribution in [0.15, 0.2) is 22.7 Å². The van der Waals surface area contributed by atoms with Gasteiger partial charge >= 0.3 is 0 Å². The van der Waals surface area contributed by atoms with Crippen LogP contribution in [0, 0.1) is 6.92 Å². The molecule has 1 aliphatic heterocycles. The summed E-state index contributed by atoms with van der Waals surface area (Å²) in [6.07, 6.45) is 2.18. The van der Waals surface area contributed by atoms with Crippen molar-refractivity contribution in [1.29, 1.82) is 0 Å². The number of benzene rings is 1. The van der Waals surface area contributed by atoms with Gasteiger partial charge in [0.25, 0.3) is 5.91 Å². The van der Waals surface area contributed by atoms with Crippen LogP contribution >= 0.6 is 15.9 Å². The van der Waals surface area contributed by atoms with E-state index in [9.17, 15) is 4.79 Å². The third kappa shape index (κ3) is 3.07. The summed E-state index contributed by atoms with van der Waals surface area (Å²) in [7, 11) is 0. The quantitative estimate of drug-likeness (QED) is 0.879. The average molecular weight is 297 g/mol. The first-order chi connectivity index (χ1) is 8.18. The van der Waals surface area contributed by atoms with E-state index in [0.29, 0.717) is 0 Å². The number of amides is 1. The smallest absolute Gasteiger partial charge is 0.252 e. The van der Waals surface area contributed by atoms with Gasteiger partial charge in [-0.05, 0) is 53.9 Å². The molecular formula is C13H17BrN2O. The average Bonchev–Trinajstić information content (AvgIpc) is 2.34. The first-order valence-corrected chi connectivity index (χ1v) is 6.74. The Morgan fingerprint density at radius 2 is 2.35 bits per heavy atom. The van der Waals surface area contributed by atoms with E-state index in [2.05, 4.69) is 26.6 Å². The zero-order valence-electron chi connectivity index (χ0n) is 9.92. The number of carbonyl (C=O) groups is 1. The Hall–Kier alpha value is -0.870. The van der Waals surface area contributed by atoms with E-state index in [0.717, 1.165) is 41.5 Å². The number of rotatable bonds is 2. The van der Waals surface area contributed by atoms with Gasteiger partial charge < -0.3 is 10.6 Å². The number of carbonyl (C=O) groups excluding carboxylic acids is 1. The summed E-state index contributed by atoms with van der Waals surface area (Å²) in [5.41, 5.74) is 1.80. The molecule has 92 valence electrons. The molecule has 2 N–H and O–H groups in total. The minimum Gasteiger partial charge on any atom is -0.348 e. The van der Waals surface area contributed by atoms with Gasteiger partial charge in [0.15, 0.2) is 0 Å². The van der Waals surface area contributed by atoms with Gasteiger partial charge in [-0.15, -0.1) is 0 Å². The van der Waals surface area contributed by atoms with E-state index in [1.54, 1.807) is 0 Å². The van der Waals surface area contributed by atoms with Gasteiger partial charge in [-0.3, -0.25) is 4.79 Å². The van der Waals surface area contributed by atoms with Crippen LogP contribution in [0.2, 0.25) is 0 Å². The number of nitrogens with one attached hydrogen (secondary N) is 2. The van der Waals surface area contributed by atoms with Crippen molar-refractivity contribution in [2.45, 2.75) is 25.8 Å². The zero-order chi connectivity index (χ0) is 12.3. The second kappa shape index (κ2) is 5.65. The number of aryl methyl sites for hydroxylation is 1. The van der Waals surface area contributed by atoms with E-state index in [1.165, 1.54) is 0 Å². The van der Waals surface area contributed by atoms with Crippen LogP contribution in [-0.2, 0) is 0 Å².